The topological polar surface area (TPSA) is 38.0 Å². The third kappa shape index (κ3) is 4.40. The lowest BCUT2D eigenvalue weighted by Gasteiger charge is -2.19. The largest absolute Gasteiger partial charge is 0.271 e. The van der Waals surface area contributed by atoms with Gasteiger partial charge in [-0.15, -0.1) is 0 Å². The van der Waals surface area contributed by atoms with Crippen LogP contribution in [-0.4, -0.2) is 6.04 Å². The lowest BCUT2D eigenvalue weighted by molar-refractivity contribution is 0.392. The molecule has 3 N–H and O–H groups in total. The number of hydrogen-bond donors (Lipinski definition) is 2. The van der Waals surface area contributed by atoms with Crippen LogP contribution in [0.15, 0.2) is 18.2 Å². The van der Waals surface area contributed by atoms with E-state index in [9.17, 15) is 8.78 Å². The van der Waals surface area contributed by atoms with Crippen molar-refractivity contribution >= 4 is 0 Å². The molecule has 0 bridgehead atoms. The molecule has 0 aliphatic rings. The van der Waals surface area contributed by atoms with Crippen LogP contribution in [0.3, 0.4) is 0 Å². The fourth-order valence-electron chi connectivity index (χ4n) is 1.83. The minimum Gasteiger partial charge on any atom is -0.271 e. The maximum absolute atomic E-state index is 13.5. The number of halogens is 2. The number of benzene rings is 1. The smallest absolute Gasteiger partial charge is 0.126 e. The summed E-state index contributed by atoms with van der Waals surface area (Å²) >= 11 is 0. The molecule has 0 aliphatic carbocycles. The molecule has 17 heavy (non-hydrogen) atoms. The number of nitrogens with two attached hydrogens (primary N) is 1. The zero-order chi connectivity index (χ0) is 12.8. The quantitative estimate of drug-likeness (QED) is 0.594. The summed E-state index contributed by atoms with van der Waals surface area (Å²) in [6.45, 7) is 4.22. The van der Waals surface area contributed by atoms with Crippen LogP contribution in [0, 0.1) is 17.6 Å². The van der Waals surface area contributed by atoms with Gasteiger partial charge in [-0.05, 0) is 42.5 Å². The summed E-state index contributed by atoms with van der Waals surface area (Å²) in [5.41, 5.74) is 3.04. The van der Waals surface area contributed by atoms with Gasteiger partial charge in [0.1, 0.15) is 11.6 Å². The van der Waals surface area contributed by atoms with Gasteiger partial charge in [-0.2, -0.15) is 0 Å². The first kappa shape index (κ1) is 14.1. The zero-order valence-corrected chi connectivity index (χ0v) is 10.3. The van der Waals surface area contributed by atoms with Crippen molar-refractivity contribution in [2.45, 2.75) is 39.2 Å². The predicted molar refractivity (Wildman–Crippen MR) is 65.2 cm³/mol. The Bertz CT molecular complexity index is 355. The number of rotatable bonds is 6. The van der Waals surface area contributed by atoms with Crippen LogP contribution >= 0.6 is 0 Å². The molecule has 96 valence electrons. The Morgan fingerprint density at radius 1 is 1.35 bits per heavy atom. The molecular weight excluding hydrogens is 222 g/mol. The monoisotopic (exact) mass is 242 g/mol. The average Bonchev–Trinajstić information content (AvgIpc) is 2.32. The first-order valence-corrected chi connectivity index (χ1v) is 5.96. The van der Waals surface area contributed by atoms with Gasteiger partial charge in [0.15, 0.2) is 0 Å². The van der Waals surface area contributed by atoms with E-state index in [1.807, 2.05) is 0 Å². The first-order valence-electron chi connectivity index (χ1n) is 5.96. The van der Waals surface area contributed by atoms with Gasteiger partial charge in [-0.25, -0.2) is 8.78 Å². The normalized spacial score (nSPS) is 14.6. The van der Waals surface area contributed by atoms with Crippen LogP contribution in [0.1, 0.15) is 32.3 Å². The van der Waals surface area contributed by atoms with E-state index >= 15 is 0 Å². The molecule has 0 fully saturated rings. The summed E-state index contributed by atoms with van der Waals surface area (Å²) < 4.78 is 26.5. The van der Waals surface area contributed by atoms with E-state index < -0.39 is 5.82 Å². The van der Waals surface area contributed by atoms with Crippen LogP contribution < -0.4 is 11.3 Å². The minimum atomic E-state index is -0.416. The lowest BCUT2D eigenvalue weighted by atomic mass is 9.95. The SMILES string of the molecule is CCC(C)CC(Cc1cc(F)ccc1F)NN. The highest BCUT2D eigenvalue weighted by Crippen LogP contribution is 2.16. The maximum Gasteiger partial charge on any atom is 0.126 e. The molecule has 0 aliphatic heterocycles. The highest BCUT2D eigenvalue weighted by Gasteiger charge is 2.14. The fraction of sp³-hybridized carbons (Fsp3) is 0.538. The van der Waals surface area contributed by atoms with Crippen molar-refractivity contribution in [2.75, 3.05) is 0 Å². The van der Waals surface area contributed by atoms with Crippen LogP contribution in [-0.2, 0) is 6.42 Å². The standard InChI is InChI=1S/C13H20F2N2/c1-3-9(2)6-12(17-16)8-10-7-11(14)4-5-13(10)15/h4-5,7,9,12,17H,3,6,8,16H2,1-2H3. The van der Waals surface area contributed by atoms with Gasteiger partial charge >= 0.3 is 0 Å². The van der Waals surface area contributed by atoms with Crippen molar-refractivity contribution < 1.29 is 8.78 Å². The highest BCUT2D eigenvalue weighted by atomic mass is 19.1. The highest BCUT2D eigenvalue weighted by molar-refractivity contribution is 5.19. The number of hydrazine groups is 1. The fourth-order valence-corrected chi connectivity index (χ4v) is 1.83. The molecule has 1 aromatic rings. The van der Waals surface area contributed by atoms with Crippen molar-refractivity contribution in [1.29, 1.82) is 0 Å². The second-order valence-electron chi connectivity index (χ2n) is 4.55. The van der Waals surface area contributed by atoms with Crippen molar-refractivity contribution in [1.82, 2.24) is 5.43 Å². The molecular formula is C13H20F2N2. The third-order valence-electron chi connectivity index (χ3n) is 3.09. The molecule has 2 unspecified atom stereocenters. The van der Waals surface area contributed by atoms with Gasteiger partial charge in [0.05, 0.1) is 0 Å². The zero-order valence-electron chi connectivity index (χ0n) is 10.3. The van der Waals surface area contributed by atoms with E-state index in [1.54, 1.807) is 0 Å². The van der Waals surface area contributed by atoms with E-state index in [4.69, 9.17) is 5.84 Å². The van der Waals surface area contributed by atoms with E-state index in [2.05, 4.69) is 19.3 Å². The van der Waals surface area contributed by atoms with E-state index in [0.717, 1.165) is 25.0 Å². The molecule has 0 radical (unpaired) electrons. The van der Waals surface area contributed by atoms with E-state index in [0.29, 0.717) is 17.9 Å². The number of hydrogen-bond acceptors (Lipinski definition) is 2. The van der Waals surface area contributed by atoms with Crippen LogP contribution in [0.4, 0.5) is 8.78 Å². The second kappa shape index (κ2) is 6.67. The van der Waals surface area contributed by atoms with Crippen molar-refractivity contribution in [3.05, 3.63) is 35.4 Å². The Hall–Kier alpha value is -1.00. The summed E-state index contributed by atoms with van der Waals surface area (Å²) in [5, 5.41) is 0. The molecule has 0 saturated carbocycles. The lowest BCUT2D eigenvalue weighted by Crippen LogP contribution is -2.38. The van der Waals surface area contributed by atoms with Gasteiger partial charge in [0.2, 0.25) is 0 Å². The predicted octanol–water partition coefficient (Wildman–Crippen LogP) is 2.78. The van der Waals surface area contributed by atoms with E-state index in [-0.39, 0.29) is 11.9 Å². The Balaban J connectivity index is 2.69. The molecule has 0 amide bonds. The summed E-state index contributed by atoms with van der Waals surface area (Å²) in [4.78, 5) is 0. The molecule has 0 spiro atoms. The van der Waals surface area contributed by atoms with Crippen molar-refractivity contribution in [3.8, 4) is 0 Å². The molecule has 2 atom stereocenters. The van der Waals surface area contributed by atoms with Gasteiger partial charge in [-0.3, -0.25) is 11.3 Å². The molecule has 0 aromatic heterocycles. The first-order chi connectivity index (χ1) is 8.06. The van der Waals surface area contributed by atoms with Gasteiger partial charge < -0.3 is 0 Å². The second-order valence-corrected chi connectivity index (χ2v) is 4.55. The molecule has 0 saturated heterocycles. The van der Waals surface area contributed by atoms with Crippen molar-refractivity contribution in [2.24, 2.45) is 11.8 Å². The summed E-state index contributed by atoms with van der Waals surface area (Å²) in [6.07, 6.45) is 2.30. The molecule has 4 heteroatoms. The molecule has 2 nitrogen and oxygen atoms in total. The maximum atomic E-state index is 13.5. The molecule has 1 rings (SSSR count). The Labute approximate surface area is 101 Å². The van der Waals surface area contributed by atoms with Crippen LogP contribution in [0.5, 0.6) is 0 Å². The van der Waals surface area contributed by atoms with Gasteiger partial charge in [0, 0.05) is 6.04 Å². The Morgan fingerprint density at radius 3 is 2.65 bits per heavy atom. The summed E-state index contributed by atoms with van der Waals surface area (Å²) in [6, 6.07) is 3.48. The van der Waals surface area contributed by atoms with Crippen LogP contribution in [0.2, 0.25) is 0 Å². The minimum absolute atomic E-state index is 0.0266. The van der Waals surface area contributed by atoms with E-state index in [1.165, 1.54) is 6.07 Å². The third-order valence-corrected chi connectivity index (χ3v) is 3.09. The molecule has 0 heterocycles. The van der Waals surface area contributed by atoms with Crippen LogP contribution in [0.25, 0.3) is 0 Å². The average molecular weight is 242 g/mol. The Kier molecular flexibility index (Phi) is 5.51. The summed E-state index contributed by atoms with van der Waals surface area (Å²) in [7, 11) is 0. The van der Waals surface area contributed by atoms with Gasteiger partial charge in [-0.1, -0.05) is 20.3 Å². The van der Waals surface area contributed by atoms with Crippen molar-refractivity contribution in [3.63, 3.8) is 0 Å². The van der Waals surface area contributed by atoms with Gasteiger partial charge in [0.25, 0.3) is 0 Å². The molecule has 1 aromatic carbocycles. The summed E-state index contributed by atoms with van der Waals surface area (Å²) in [5.74, 6) is 5.16. The Morgan fingerprint density at radius 2 is 2.06 bits per heavy atom. The number of nitrogens with one attached hydrogen (secondary N) is 1.